The number of aromatic nitrogens is 2. The molecule has 0 atom stereocenters. The van der Waals surface area contributed by atoms with Crippen LogP contribution < -0.4 is 0 Å². The van der Waals surface area contributed by atoms with Crippen LogP contribution in [0.4, 0.5) is 0 Å². The van der Waals surface area contributed by atoms with Crippen LogP contribution >= 0.6 is 15.9 Å². The summed E-state index contributed by atoms with van der Waals surface area (Å²) in [4.78, 5) is 3.95. The van der Waals surface area contributed by atoms with Gasteiger partial charge >= 0.3 is 0 Å². The Bertz CT molecular complexity index is 483. The van der Waals surface area contributed by atoms with E-state index in [4.69, 9.17) is 5.26 Å². The average molecular weight is 248 g/mol. The lowest BCUT2D eigenvalue weighted by atomic mass is 10.2. The van der Waals surface area contributed by atoms with Crippen LogP contribution in [0.5, 0.6) is 0 Å². The Hall–Kier alpha value is -1.60. The van der Waals surface area contributed by atoms with E-state index in [-0.39, 0.29) is 0 Å². The van der Waals surface area contributed by atoms with E-state index in [0.29, 0.717) is 5.56 Å². The highest BCUT2D eigenvalue weighted by Crippen LogP contribution is 2.23. The van der Waals surface area contributed by atoms with Crippen molar-refractivity contribution >= 4 is 15.9 Å². The van der Waals surface area contributed by atoms with Crippen LogP contribution in [0.25, 0.3) is 5.69 Å². The molecule has 0 unspecified atom stereocenters. The summed E-state index contributed by atoms with van der Waals surface area (Å²) in [5, 5.41) is 8.94. The third-order valence-electron chi connectivity index (χ3n) is 1.87. The molecule has 4 heteroatoms. The van der Waals surface area contributed by atoms with Crippen LogP contribution in [0, 0.1) is 11.3 Å². The summed E-state index contributed by atoms with van der Waals surface area (Å²) in [6, 6.07) is 7.66. The molecule has 2 aromatic rings. The van der Waals surface area contributed by atoms with Gasteiger partial charge in [0.2, 0.25) is 0 Å². The van der Waals surface area contributed by atoms with Gasteiger partial charge in [0.05, 0.1) is 17.6 Å². The third-order valence-corrected chi connectivity index (χ3v) is 2.51. The van der Waals surface area contributed by atoms with Crippen LogP contribution in [0.1, 0.15) is 5.56 Å². The Balaban J connectivity index is 2.69. The van der Waals surface area contributed by atoms with Crippen molar-refractivity contribution in [2.24, 2.45) is 0 Å². The van der Waals surface area contributed by atoms with Crippen molar-refractivity contribution in [2.45, 2.75) is 0 Å². The molecule has 68 valence electrons. The lowest BCUT2D eigenvalue weighted by molar-refractivity contribution is 1.04. The second-order valence-electron chi connectivity index (χ2n) is 2.72. The zero-order valence-corrected chi connectivity index (χ0v) is 8.77. The van der Waals surface area contributed by atoms with E-state index in [1.807, 2.05) is 16.7 Å². The van der Waals surface area contributed by atoms with Crippen molar-refractivity contribution in [3.05, 3.63) is 47.0 Å². The number of hydrogen-bond donors (Lipinski definition) is 0. The minimum Gasteiger partial charge on any atom is -0.304 e. The summed E-state index contributed by atoms with van der Waals surface area (Å²) in [6.45, 7) is 0. The minimum absolute atomic E-state index is 0.623. The number of rotatable bonds is 1. The molecule has 0 amide bonds. The summed E-state index contributed by atoms with van der Waals surface area (Å²) in [5.74, 6) is 0. The molecule has 1 aromatic carbocycles. The van der Waals surface area contributed by atoms with Gasteiger partial charge in [-0.1, -0.05) is 6.07 Å². The Labute approximate surface area is 89.8 Å². The quantitative estimate of drug-likeness (QED) is 0.777. The molecule has 0 N–H and O–H groups in total. The first kappa shape index (κ1) is 8.97. The van der Waals surface area contributed by atoms with Gasteiger partial charge in [0.15, 0.2) is 0 Å². The molecule has 0 aliphatic carbocycles. The molecule has 0 bridgehead atoms. The molecule has 0 saturated heterocycles. The second kappa shape index (κ2) is 3.64. The molecule has 0 saturated carbocycles. The highest BCUT2D eigenvalue weighted by molar-refractivity contribution is 9.10. The number of hydrogen-bond acceptors (Lipinski definition) is 2. The number of benzene rings is 1. The summed E-state index contributed by atoms with van der Waals surface area (Å²) >= 11 is 3.41. The maximum Gasteiger partial charge on any atom is 0.101 e. The van der Waals surface area contributed by atoms with Gasteiger partial charge in [-0.05, 0) is 28.1 Å². The minimum atomic E-state index is 0.623. The predicted octanol–water partition coefficient (Wildman–Crippen LogP) is 2.51. The smallest absolute Gasteiger partial charge is 0.101 e. The van der Waals surface area contributed by atoms with Crippen LogP contribution in [0.3, 0.4) is 0 Å². The number of nitriles is 1. The van der Waals surface area contributed by atoms with E-state index in [1.165, 1.54) is 0 Å². The fourth-order valence-corrected chi connectivity index (χ4v) is 1.83. The Morgan fingerprint density at radius 1 is 1.43 bits per heavy atom. The van der Waals surface area contributed by atoms with Gasteiger partial charge in [-0.15, -0.1) is 0 Å². The molecule has 0 spiro atoms. The lowest BCUT2D eigenvalue weighted by Gasteiger charge is -2.06. The maximum absolute atomic E-state index is 8.94. The molecule has 0 aliphatic rings. The van der Waals surface area contributed by atoms with E-state index >= 15 is 0 Å². The predicted molar refractivity (Wildman–Crippen MR) is 56.0 cm³/mol. The highest BCUT2D eigenvalue weighted by atomic mass is 79.9. The summed E-state index contributed by atoms with van der Waals surface area (Å²) in [7, 11) is 0. The van der Waals surface area contributed by atoms with Crippen LogP contribution in [0.2, 0.25) is 0 Å². The fourth-order valence-electron chi connectivity index (χ4n) is 1.26. The molecule has 0 radical (unpaired) electrons. The fraction of sp³-hybridized carbons (Fsp3) is 0. The van der Waals surface area contributed by atoms with Crippen molar-refractivity contribution < 1.29 is 0 Å². The SMILES string of the molecule is N#Cc1cccc(Br)c1-n1ccnc1. The molecular formula is C10H6BrN3. The van der Waals surface area contributed by atoms with E-state index in [1.54, 1.807) is 24.8 Å². The van der Waals surface area contributed by atoms with Gasteiger partial charge in [-0.25, -0.2) is 4.98 Å². The van der Waals surface area contributed by atoms with E-state index in [2.05, 4.69) is 27.0 Å². The number of imidazole rings is 1. The van der Waals surface area contributed by atoms with E-state index in [9.17, 15) is 0 Å². The average Bonchev–Trinajstić information content (AvgIpc) is 2.70. The molecular weight excluding hydrogens is 242 g/mol. The molecule has 1 aromatic heterocycles. The Morgan fingerprint density at radius 3 is 2.93 bits per heavy atom. The first-order valence-corrected chi connectivity index (χ1v) is 4.79. The zero-order valence-electron chi connectivity index (χ0n) is 7.18. The molecule has 2 rings (SSSR count). The molecule has 0 fully saturated rings. The van der Waals surface area contributed by atoms with Crippen molar-refractivity contribution in [2.75, 3.05) is 0 Å². The van der Waals surface area contributed by atoms with Crippen LogP contribution in [-0.2, 0) is 0 Å². The first-order valence-electron chi connectivity index (χ1n) is 4.00. The molecule has 1 heterocycles. The van der Waals surface area contributed by atoms with Crippen molar-refractivity contribution in [3.8, 4) is 11.8 Å². The third kappa shape index (κ3) is 1.42. The van der Waals surface area contributed by atoms with Gasteiger partial charge in [0, 0.05) is 16.9 Å². The second-order valence-corrected chi connectivity index (χ2v) is 3.57. The number of nitrogens with zero attached hydrogens (tertiary/aromatic N) is 3. The maximum atomic E-state index is 8.94. The monoisotopic (exact) mass is 247 g/mol. The summed E-state index contributed by atoms with van der Waals surface area (Å²) in [5.41, 5.74) is 1.45. The van der Waals surface area contributed by atoms with Gasteiger partial charge in [-0.2, -0.15) is 5.26 Å². The van der Waals surface area contributed by atoms with E-state index in [0.717, 1.165) is 10.2 Å². The van der Waals surface area contributed by atoms with Gasteiger partial charge in [-0.3, -0.25) is 0 Å². The van der Waals surface area contributed by atoms with Gasteiger partial charge < -0.3 is 4.57 Å². The summed E-state index contributed by atoms with van der Waals surface area (Å²) in [6.07, 6.45) is 5.16. The summed E-state index contributed by atoms with van der Waals surface area (Å²) < 4.78 is 2.69. The topological polar surface area (TPSA) is 41.6 Å². The van der Waals surface area contributed by atoms with Crippen molar-refractivity contribution in [1.29, 1.82) is 5.26 Å². The zero-order chi connectivity index (χ0) is 9.97. The Kier molecular flexibility index (Phi) is 2.33. The van der Waals surface area contributed by atoms with Crippen LogP contribution in [0.15, 0.2) is 41.4 Å². The van der Waals surface area contributed by atoms with Gasteiger partial charge in [0.25, 0.3) is 0 Å². The molecule has 14 heavy (non-hydrogen) atoms. The van der Waals surface area contributed by atoms with Crippen molar-refractivity contribution in [3.63, 3.8) is 0 Å². The Morgan fingerprint density at radius 2 is 2.29 bits per heavy atom. The lowest BCUT2D eigenvalue weighted by Crippen LogP contribution is -1.95. The normalized spacial score (nSPS) is 9.71. The largest absolute Gasteiger partial charge is 0.304 e. The molecule has 0 aliphatic heterocycles. The van der Waals surface area contributed by atoms with E-state index < -0.39 is 0 Å². The highest BCUT2D eigenvalue weighted by Gasteiger charge is 2.07. The van der Waals surface area contributed by atoms with Crippen molar-refractivity contribution in [1.82, 2.24) is 9.55 Å². The standard InChI is InChI=1S/C10H6BrN3/c11-9-3-1-2-8(6-12)10(9)14-5-4-13-7-14/h1-5,7H. The number of halogens is 1. The molecule has 3 nitrogen and oxygen atoms in total. The number of para-hydroxylation sites is 1. The van der Waals surface area contributed by atoms with Crippen LogP contribution in [-0.4, -0.2) is 9.55 Å². The van der Waals surface area contributed by atoms with Gasteiger partial charge in [0.1, 0.15) is 6.07 Å². The first-order chi connectivity index (χ1) is 6.83.